The Hall–Kier alpha value is -2.30. The van der Waals surface area contributed by atoms with Crippen LogP contribution in [0.5, 0.6) is 5.75 Å². The van der Waals surface area contributed by atoms with Crippen LogP contribution >= 0.6 is 0 Å². The lowest BCUT2D eigenvalue weighted by molar-refractivity contribution is 0.342. The highest BCUT2D eigenvalue weighted by Crippen LogP contribution is 2.28. The van der Waals surface area contributed by atoms with Crippen molar-refractivity contribution in [3.63, 3.8) is 0 Å². The van der Waals surface area contributed by atoms with E-state index in [4.69, 9.17) is 4.74 Å². The van der Waals surface area contributed by atoms with E-state index in [1.807, 2.05) is 37.3 Å². The van der Waals surface area contributed by atoms with Crippen LogP contribution in [0.3, 0.4) is 0 Å². The fourth-order valence-corrected chi connectivity index (χ4v) is 2.52. The predicted molar refractivity (Wildman–Crippen MR) is 84.4 cm³/mol. The number of aromatic nitrogens is 2. The largest absolute Gasteiger partial charge is 0.492 e. The average Bonchev–Trinajstić information content (AvgIpc) is 3.04. The number of para-hydroxylation sites is 2. The molecule has 1 saturated heterocycles. The Morgan fingerprint density at radius 2 is 2.00 bits per heavy atom. The van der Waals surface area contributed by atoms with Crippen LogP contribution in [0.2, 0.25) is 0 Å². The van der Waals surface area contributed by atoms with Gasteiger partial charge >= 0.3 is 0 Å². The molecule has 1 aromatic carbocycles. The van der Waals surface area contributed by atoms with Crippen LogP contribution in [-0.2, 0) is 0 Å². The van der Waals surface area contributed by atoms with Crippen molar-refractivity contribution in [2.24, 2.45) is 0 Å². The Balaban J connectivity index is 1.80. The summed E-state index contributed by atoms with van der Waals surface area (Å²) in [6, 6.07) is 9.88. The molecule has 0 bridgehead atoms. The van der Waals surface area contributed by atoms with E-state index in [0.717, 1.165) is 36.2 Å². The van der Waals surface area contributed by atoms with Crippen molar-refractivity contribution < 1.29 is 4.74 Å². The first kappa shape index (κ1) is 13.7. The molecule has 3 rings (SSSR count). The molecule has 21 heavy (non-hydrogen) atoms. The molecule has 2 aromatic rings. The summed E-state index contributed by atoms with van der Waals surface area (Å²) in [6.45, 7) is 4.77. The molecule has 1 aromatic heterocycles. The van der Waals surface area contributed by atoms with Crippen LogP contribution in [0.1, 0.15) is 19.8 Å². The number of ether oxygens (including phenoxy) is 1. The number of hydrogen-bond acceptors (Lipinski definition) is 5. The minimum absolute atomic E-state index is 0.640. The predicted octanol–water partition coefficient (Wildman–Crippen LogP) is 3.22. The molecule has 110 valence electrons. The summed E-state index contributed by atoms with van der Waals surface area (Å²) in [4.78, 5) is 11.0. The normalized spacial score (nSPS) is 14.2. The van der Waals surface area contributed by atoms with Gasteiger partial charge in [-0.25, -0.2) is 9.97 Å². The highest BCUT2D eigenvalue weighted by molar-refractivity contribution is 5.65. The van der Waals surface area contributed by atoms with Gasteiger partial charge in [0.05, 0.1) is 12.3 Å². The number of nitrogens with one attached hydrogen (secondary N) is 1. The minimum atomic E-state index is 0.640. The molecule has 0 saturated carbocycles. The Morgan fingerprint density at radius 1 is 1.19 bits per heavy atom. The van der Waals surface area contributed by atoms with Gasteiger partial charge < -0.3 is 15.0 Å². The second kappa shape index (κ2) is 6.43. The van der Waals surface area contributed by atoms with Crippen LogP contribution in [0.25, 0.3) is 0 Å². The van der Waals surface area contributed by atoms with Crippen LogP contribution in [-0.4, -0.2) is 29.7 Å². The van der Waals surface area contributed by atoms with Gasteiger partial charge in [0.1, 0.15) is 23.7 Å². The second-order valence-electron chi connectivity index (χ2n) is 5.01. The van der Waals surface area contributed by atoms with Gasteiger partial charge in [-0.1, -0.05) is 12.1 Å². The summed E-state index contributed by atoms with van der Waals surface area (Å²) in [6.07, 6.45) is 4.08. The Morgan fingerprint density at radius 3 is 2.81 bits per heavy atom. The molecular weight excluding hydrogens is 264 g/mol. The van der Waals surface area contributed by atoms with Crippen LogP contribution in [0.4, 0.5) is 17.3 Å². The first-order valence-corrected chi connectivity index (χ1v) is 7.42. The lowest BCUT2D eigenvalue weighted by atomic mass is 10.3. The maximum Gasteiger partial charge on any atom is 0.142 e. The number of hydrogen-bond donors (Lipinski definition) is 1. The van der Waals surface area contributed by atoms with E-state index >= 15 is 0 Å². The van der Waals surface area contributed by atoms with Gasteiger partial charge in [0.15, 0.2) is 0 Å². The van der Waals surface area contributed by atoms with Crippen molar-refractivity contribution in [3.8, 4) is 5.75 Å². The van der Waals surface area contributed by atoms with E-state index in [1.165, 1.54) is 12.8 Å². The van der Waals surface area contributed by atoms with Crippen molar-refractivity contribution in [2.75, 3.05) is 29.9 Å². The highest BCUT2D eigenvalue weighted by Gasteiger charge is 2.14. The molecule has 1 aliphatic rings. The summed E-state index contributed by atoms with van der Waals surface area (Å²) in [5.41, 5.74) is 0.922. The van der Waals surface area contributed by atoms with E-state index in [9.17, 15) is 0 Å². The van der Waals surface area contributed by atoms with Crippen LogP contribution in [0.15, 0.2) is 36.7 Å². The molecule has 1 aliphatic heterocycles. The summed E-state index contributed by atoms with van der Waals surface area (Å²) >= 11 is 0. The van der Waals surface area contributed by atoms with E-state index in [1.54, 1.807) is 6.33 Å². The quantitative estimate of drug-likeness (QED) is 0.913. The first-order valence-electron chi connectivity index (χ1n) is 7.42. The molecule has 2 heterocycles. The average molecular weight is 284 g/mol. The zero-order valence-electron chi connectivity index (χ0n) is 12.2. The van der Waals surface area contributed by atoms with Crippen molar-refractivity contribution in [1.29, 1.82) is 0 Å². The maximum atomic E-state index is 5.62. The molecular formula is C16H20N4O. The second-order valence-corrected chi connectivity index (χ2v) is 5.01. The molecule has 0 atom stereocenters. The van der Waals surface area contributed by atoms with Gasteiger partial charge in [-0.3, -0.25) is 0 Å². The monoisotopic (exact) mass is 284 g/mol. The smallest absolute Gasteiger partial charge is 0.142 e. The molecule has 0 unspecified atom stereocenters. The molecule has 5 nitrogen and oxygen atoms in total. The van der Waals surface area contributed by atoms with E-state index in [0.29, 0.717) is 6.61 Å². The summed E-state index contributed by atoms with van der Waals surface area (Å²) in [7, 11) is 0. The third-order valence-electron chi connectivity index (χ3n) is 3.53. The number of rotatable bonds is 5. The summed E-state index contributed by atoms with van der Waals surface area (Å²) in [5.74, 6) is 2.61. The zero-order chi connectivity index (χ0) is 14.5. The van der Waals surface area contributed by atoms with Gasteiger partial charge in [0.2, 0.25) is 0 Å². The molecule has 0 radical (unpaired) electrons. The van der Waals surface area contributed by atoms with Crippen molar-refractivity contribution >= 4 is 17.3 Å². The van der Waals surface area contributed by atoms with Crippen molar-refractivity contribution in [1.82, 2.24) is 9.97 Å². The van der Waals surface area contributed by atoms with Gasteiger partial charge in [-0.2, -0.15) is 0 Å². The topological polar surface area (TPSA) is 50.3 Å². The Labute approximate surface area is 125 Å². The standard InChI is InChI=1S/C16H20N4O/c1-2-21-14-8-4-3-7-13(14)19-15-11-16(18-12-17-15)20-9-5-6-10-20/h3-4,7-8,11-12H,2,5-6,9-10H2,1H3,(H,17,18,19). The van der Waals surface area contributed by atoms with Crippen molar-refractivity contribution in [3.05, 3.63) is 36.7 Å². The molecule has 1 fully saturated rings. The van der Waals surface area contributed by atoms with Crippen LogP contribution in [0, 0.1) is 0 Å². The number of anilines is 3. The van der Waals surface area contributed by atoms with Crippen molar-refractivity contribution in [2.45, 2.75) is 19.8 Å². The Kier molecular flexibility index (Phi) is 4.19. The summed E-state index contributed by atoms with van der Waals surface area (Å²) in [5, 5.41) is 3.32. The SMILES string of the molecule is CCOc1ccccc1Nc1cc(N2CCCC2)ncn1. The molecule has 0 spiro atoms. The van der Waals surface area contributed by atoms with Crippen LogP contribution < -0.4 is 15.0 Å². The summed E-state index contributed by atoms with van der Waals surface area (Å²) < 4.78 is 5.62. The highest BCUT2D eigenvalue weighted by atomic mass is 16.5. The zero-order valence-corrected chi connectivity index (χ0v) is 12.2. The molecule has 0 aliphatic carbocycles. The van der Waals surface area contributed by atoms with E-state index < -0.39 is 0 Å². The van der Waals surface area contributed by atoms with Gasteiger partial charge in [-0.15, -0.1) is 0 Å². The van der Waals surface area contributed by atoms with E-state index in [-0.39, 0.29) is 0 Å². The van der Waals surface area contributed by atoms with Gasteiger partial charge in [0, 0.05) is 19.2 Å². The van der Waals surface area contributed by atoms with Gasteiger partial charge in [0.25, 0.3) is 0 Å². The fraction of sp³-hybridized carbons (Fsp3) is 0.375. The first-order chi connectivity index (χ1) is 10.4. The number of benzene rings is 1. The lowest BCUT2D eigenvalue weighted by Gasteiger charge is -2.17. The Bertz CT molecular complexity index is 596. The molecule has 5 heteroatoms. The fourth-order valence-electron chi connectivity index (χ4n) is 2.52. The van der Waals surface area contributed by atoms with Gasteiger partial charge in [-0.05, 0) is 31.9 Å². The van der Waals surface area contributed by atoms with E-state index in [2.05, 4.69) is 20.2 Å². The third kappa shape index (κ3) is 3.24. The molecule has 1 N–H and O–H groups in total. The number of nitrogens with zero attached hydrogens (tertiary/aromatic N) is 3. The third-order valence-corrected chi connectivity index (χ3v) is 3.53. The maximum absolute atomic E-state index is 5.62. The lowest BCUT2D eigenvalue weighted by Crippen LogP contribution is -2.19. The minimum Gasteiger partial charge on any atom is -0.492 e. The molecule has 0 amide bonds.